The van der Waals surface area contributed by atoms with Crippen molar-refractivity contribution in [1.29, 1.82) is 0 Å². The summed E-state index contributed by atoms with van der Waals surface area (Å²) in [7, 11) is 3.85. The molecule has 100 valence electrons. The van der Waals surface area contributed by atoms with Crippen LogP contribution < -0.4 is 15.8 Å². The summed E-state index contributed by atoms with van der Waals surface area (Å²) < 4.78 is 5.23. The summed E-state index contributed by atoms with van der Waals surface area (Å²) in [6, 6.07) is 6.94. The number of benzene rings is 1. The summed E-state index contributed by atoms with van der Waals surface area (Å²) >= 11 is 0. The second kappa shape index (κ2) is 5.48. The van der Waals surface area contributed by atoms with E-state index >= 15 is 0 Å². The van der Waals surface area contributed by atoms with E-state index in [4.69, 9.17) is 10.5 Å². The summed E-state index contributed by atoms with van der Waals surface area (Å²) in [5, 5.41) is 3.56. The highest BCUT2D eigenvalue weighted by Crippen LogP contribution is 2.25. The molecule has 2 rings (SSSR count). The summed E-state index contributed by atoms with van der Waals surface area (Å²) in [5.41, 5.74) is 7.64. The highest BCUT2D eigenvalue weighted by Gasteiger charge is 2.22. The molecule has 0 saturated carbocycles. The van der Waals surface area contributed by atoms with E-state index in [0.717, 1.165) is 36.5 Å². The average molecular weight is 249 g/mol. The van der Waals surface area contributed by atoms with Gasteiger partial charge in [-0.1, -0.05) is 0 Å². The van der Waals surface area contributed by atoms with Gasteiger partial charge in [0, 0.05) is 42.1 Å². The first kappa shape index (κ1) is 13.0. The molecule has 1 aliphatic heterocycles. The lowest BCUT2D eigenvalue weighted by Gasteiger charge is -2.35. The van der Waals surface area contributed by atoms with Crippen molar-refractivity contribution in [3.05, 3.63) is 18.2 Å². The predicted octanol–water partition coefficient (Wildman–Crippen LogP) is 2.17. The monoisotopic (exact) mass is 249 g/mol. The lowest BCUT2D eigenvalue weighted by Crippen LogP contribution is -2.42. The molecule has 0 aliphatic carbocycles. The number of hydrogen-bond donors (Lipinski definition) is 2. The Morgan fingerprint density at radius 2 is 2.17 bits per heavy atom. The maximum Gasteiger partial charge on any atom is 0.122 e. The number of nitrogens with one attached hydrogen (secondary N) is 1. The maximum atomic E-state index is 5.86. The molecule has 4 nitrogen and oxygen atoms in total. The van der Waals surface area contributed by atoms with Crippen molar-refractivity contribution in [2.24, 2.45) is 0 Å². The first-order valence-corrected chi connectivity index (χ1v) is 6.50. The first-order valence-electron chi connectivity index (χ1n) is 6.50. The molecule has 1 saturated heterocycles. The largest absolute Gasteiger partial charge is 0.497 e. The van der Waals surface area contributed by atoms with E-state index in [0.29, 0.717) is 12.1 Å². The van der Waals surface area contributed by atoms with Gasteiger partial charge in [0.1, 0.15) is 5.75 Å². The van der Waals surface area contributed by atoms with Crippen LogP contribution in [-0.2, 0) is 0 Å². The highest BCUT2D eigenvalue weighted by molar-refractivity contribution is 5.59. The Morgan fingerprint density at radius 3 is 2.83 bits per heavy atom. The standard InChI is InChI=1S/C14H23N3O/c1-10-6-12(4-5-17(10)2)16-13-7-11(15)8-14(9-13)18-3/h7-10,12,16H,4-6,15H2,1-3H3. The fourth-order valence-corrected chi connectivity index (χ4v) is 2.48. The minimum atomic E-state index is 0.516. The Balaban J connectivity index is 2.03. The summed E-state index contributed by atoms with van der Waals surface area (Å²) in [4.78, 5) is 2.40. The van der Waals surface area contributed by atoms with E-state index < -0.39 is 0 Å². The smallest absolute Gasteiger partial charge is 0.122 e. The third-order valence-corrected chi connectivity index (χ3v) is 3.74. The molecular formula is C14H23N3O. The molecule has 1 aromatic carbocycles. The number of nitrogens with zero attached hydrogens (tertiary/aromatic N) is 1. The van der Waals surface area contributed by atoms with Crippen LogP contribution in [0.3, 0.4) is 0 Å². The van der Waals surface area contributed by atoms with Gasteiger partial charge < -0.3 is 20.7 Å². The molecule has 0 spiro atoms. The number of likely N-dealkylation sites (tertiary alicyclic amines) is 1. The molecule has 1 aromatic rings. The van der Waals surface area contributed by atoms with Crippen molar-refractivity contribution < 1.29 is 4.74 Å². The van der Waals surface area contributed by atoms with Gasteiger partial charge in [-0.2, -0.15) is 0 Å². The molecule has 1 aliphatic rings. The topological polar surface area (TPSA) is 50.5 Å². The highest BCUT2D eigenvalue weighted by atomic mass is 16.5. The Morgan fingerprint density at radius 1 is 1.39 bits per heavy atom. The zero-order valence-electron chi connectivity index (χ0n) is 11.4. The second-order valence-electron chi connectivity index (χ2n) is 5.19. The number of piperidine rings is 1. The van der Waals surface area contributed by atoms with Gasteiger partial charge >= 0.3 is 0 Å². The number of rotatable bonds is 3. The van der Waals surface area contributed by atoms with Gasteiger partial charge in [-0.25, -0.2) is 0 Å². The molecule has 0 aromatic heterocycles. The first-order chi connectivity index (χ1) is 8.58. The van der Waals surface area contributed by atoms with Crippen LogP contribution in [0.1, 0.15) is 19.8 Å². The van der Waals surface area contributed by atoms with E-state index in [1.54, 1.807) is 7.11 Å². The number of methoxy groups -OCH3 is 1. The summed E-state index contributed by atoms with van der Waals surface area (Å²) in [6.07, 6.45) is 2.32. The van der Waals surface area contributed by atoms with E-state index in [1.165, 1.54) is 0 Å². The van der Waals surface area contributed by atoms with Crippen molar-refractivity contribution in [2.45, 2.75) is 31.8 Å². The molecule has 0 amide bonds. The fraction of sp³-hybridized carbons (Fsp3) is 0.571. The van der Waals surface area contributed by atoms with Gasteiger partial charge in [-0.3, -0.25) is 0 Å². The van der Waals surface area contributed by atoms with Crippen molar-refractivity contribution in [2.75, 3.05) is 31.8 Å². The second-order valence-corrected chi connectivity index (χ2v) is 5.19. The molecule has 0 bridgehead atoms. The number of ether oxygens (including phenoxy) is 1. The Hall–Kier alpha value is -1.42. The Bertz CT molecular complexity index is 408. The molecular weight excluding hydrogens is 226 g/mol. The molecule has 18 heavy (non-hydrogen) atoms. The molecule has 1 heterocycles. The minimum absolute atomic E-state index is 0.516. The molecule has 1 fully saturated rings. The van der Waals surface area contributed by atoms with Crippen molar-refractivity contribution >= 4 is 11.4 Å². The van der Waals surface area contributed by atoms with Crippen LogP contribution in [0.2, 0.25) is 0 Å². The zero-order chi connectivity index (χ0) is 13.1. The number of hydrogen-bond acceptors (Lipinski definition) is 4. The number of nitrogens with two attached hydrogens (primary N) is 1. The third-order valence-electron chi connectivity index (χ3n) is 3.74. The molecule has 3 N–H and O–H groups in total. The Labute approximate surface area is 109 Å². The maximum absolute atomic E-state index is 5.86. The van der Waals surface area contributed by atoms with E-state index in [1.807, 2.05) is 18.2 Å². The molecule has 0 radical (unpaired) electrons. The SMILES string of the molecule is COc1cc(N)cc(NC2CCN(C)C(C)C2)c1. The number of nitrogen functional groups attached to an aromatic ring is 1. The zero-order valence-corrected chi connectivity index (χ0v) is 11.4. The molecule has 2 atom stereocenters. The van der Waals surface area contributed by atoms with Gasteiger partial charge in [0.15, 0.2) is 0 Å². The fourth-order valence-electron chi connectivity index (χ4n) is 2.48. The quantitative estimate of drug-likeness (QED) is 0.806. The van der Waals surface area contributed by atoms with Crippen LogP contribution in [0, 0.1) is 0 Å². The number of anilines is 2. The average Bonchev–Trinajstić information content (AvgIpc) is 2.33. The van der Waals surface area contributed by atoms with Crippen LogP contribution in [0.15, 0.2) is 18.2 Å². The molecule has 4 heteroatoms. The van der Waals surface area contributed by atoms with Crippen LogP contribution in [0.5, 0.6) is 5.75 Å². The van der Waals surface area contributed by atoms with Crippen molar-refractivity contribution in [1.82, 2.24) is 4.90 Å². The minimum Gasteiger partial charge on any atom is -0.497 e. The van der Waals surface area contributed by atoms with E-state index in [-0.39, 0.29) is 0 Å². The van der Waals surface area contributed by atoms with Crippen LogP contribution >= 0.6 is 0 Å². The Kier molecular flexibility index (Phi) is 3.97. The van der Waals surface area contributed by atoms with E-state index in [9.17, 15) is 0 Å². The third kappa shape index (κ3) is 3.07. The van der Waals surface area contributed by atoms with Crippen LogP contribution in [0.4, 0.5) is 11.4 Å². The van der Waals surface area contributed by atoms with Crippen molar-refractivity contribution in [3.63, 3.8) is 0 Å². The van der Waals surface area contributed by atoms with Gasteiger partial charge in [0.25, 0.3) is 0 Å². The molecule has 2 unspecified atom stereocenters. The van der Waals surface area contributed by atoms with Gasteiger partial charge in [0.2, 0.25) is 0 Å². The van der Waals surface area contributed by atoms with Gasteiger partial charge in [0.05, 0.1) is 7.11 Å². The lowest BCUT2D eigenvalue weighted by atomic mass is 9.98. The summed E-state index contributed by atoms with van der Waals surface area (Å²) in [6.45, 7) is 3.41. The van der Waals surface area contributed by atoms with Crippen LogP contribution in [0.25, 0.3) is 0 Å². The lowest BCUT2D eigenvalue weighted by molar-refractivity contribution is 0.190. The van der Waals surface area contributed by atoms with Crippen molar-refractivity contribution in [3.8, 4) is 5.75 Å². The normalized spacial score (nSPS) is 24.8. The van der Waals surface area contributed by atoms with Gasteiger partial charge in [-0.05, 0) is 32.9 Å². The predicted molar refractivity (Wildman–Crippen MR) is 76.1 cm³/mol. The van der Waals surface area contributed by atoms with E-state index in [2.05, 4.69) is 24.2 Å². The van der Waals surface area contributed by atoms with Gasteiger partial charge in [-0.15, -0.1) is 0 Å². The van der Waals surface area contributed by atoms with Crippen LogP contribution in [-0.4, -0.2) is 37.7 Å². The summed E-state index contributed by atoms with van der Waals surface area (Å²) in [5.74, 6) is 0.804.